The van der Waals surface area contributed by atoms with Crippen molar-refractivity contribution in [1.29, 1.82) is 0 Å². The van der Waals surface area contributed by atoms with E-state index in [1.165, 1.54) is 0 Å². The van der Waals surface area contributed by atoms with Gasteiger partial charge in [-0.25, -0.2) is 0 Å². The van der Waals surface area contributed by atoms with Gasteiger partial charge in [-0.3, -0.25) is 0 Å². The molecule has 0 saturated carbocycles. The quantitative estimate of drug-likeness (QED) is 0.852. The molecule has 3 nitrogen and oxygen atoms in total. The molecule has 0 radical (unpaired) electrons. The van der Waals surface area contributed by atoms with E-state index in [2.05, 4.69) is 13.8 Å². The van der Waals surface area contributed by atoms with Crippen molar-refractivity contribution < 1.29 is 4.74 Å². The van der Waals surface area contributed by atoms with Crippen molar-refractivity contribution in [3.05, 3.63) is 28.8 Å². The topological polar surface area (TPSA) is 61.3 Å². The molecule has 0 aliphatic rings. The second-order valence-electron chi connectivity index (χ2n) is 4.90. The van der Waals surface area contributed by atoms with Crippen LogP contribution in [0.1, 0.15) is 31.9 Å². The molecule has 0 fully saturated rings. The average Bonchev–Trinajstić information content (AvgIpc) is 2.27. The van der Waals surface area contributed by atoms with Gasteiger partial charge in [0, 0.05) is 6.04 Å². The first-order valence-corrected chi connectivity index (χ1v) is 6.09. The third-order valence-electron chi connectivity index (χ3n) is 3.17. The van der Waals surface area contributed by atoms with E-state index in [1.807, 2.05) is 18.2 Å². The number of benzene rings is 1. The predicted octanol–water partition coefficient (Wildman–Crippen LogP) is 2.72. The van der Waals surface area contributed by atoms with Crippen LogP contribution >= 0.6 is 11.6 Å². The molecule has 0 amide bonds. The third-order valence-corrected chi connectivity index (χ3v) is 3.46. The Balaban J connectivity index is 2.96. The molecular weight excluding hydrogens is 236 g/mol. The van der Waals surface area contributed by atoms with Gasteiger partial charge in [-0.15, -0.1) is 0 Å². The van der Waals surface area contributed by atoms with Crippen LogP contribution in [0.25, 0.3) is 0 Å². The van der Waals surface area contributed by atoms with Gasteiger partial charge in [0.05, 0.1) is 12.1 Å². The zero-order valence-electron chi connectivity index (χ0n) is 10.7. The molecule has 0 spiro atoms. The lowest BCUT2D eigenvalue weighted by atomic mass is 9.78. The number of hydrogen-bond donors (Lipinski definition) is 2. The second kappa shape index (κ2) is 5.71. The Morgan fingerprint density at radius 2 is 2.06 bits per heavy atom. The lowest BCUT2D eigenvalue weighted by Crippen LogP contribution is -2.31. The number of halogens is 1. The van der Waals surface area contributed by atoms with Crippen LogP contribution in [0.15, 0.2) is 18.2 Å². The first kappa shape index (κ1) is 14.3. The largest absolute Gasteiger partial charge is 0.495 e. The van der Waals surface area contributed by atoms with Gasteiger partial charge in [0.1, 0.15) is 5.75 Å². The molecular formula is C13H21ClN2O. The summed E-state index contributed by atoms with van der Waals surface area (Å²) < 4.78 is 5.12. The molecule has 1 aromatic carbocycles. The van der Waals surface area contributed by atoms with Crippen LogP contribution in [0.4, 0.5) is 0 Å². The van der Waals surface area contributed by atoms with Gasteiger partial charge >= 0.3 is 0 Å². The minimum absolute atomic E-state index is 0.0489. The fourth-order valence-electron chi connectivity index (χ4n) is 1.85. The van der Waals surface area contributed by atoms with Crippen molar-refractivity contribution in [2.45, 2.75) is 26.3 Å². The number of ether oxygens (including phenoxy) is 1. The van der Waals surface area contributed by atoms with Gasteiger partial charge in [0.25, 0.3) is 0 Å². The Bertz CT molecular complexity index is 380. The monoisotopic (exact) mass is 256 g/mol. The van der Waals surface area contributed by atoms with Crippen LogP contribution in [-0.2, 0) is 0 Å². The van der Waals surface area contributed by atoms with Gasteiger partial charge in [0.15, 0.2) is 0 Å². The molecule has 4 heteroatoms. The SMILES string of the molecule is COc1ccc(C(N)C(C)(C)CCN)cc1Cl. The first-order chi connectivity index (χ1) is 7.92. The van der Waals surface area contributed by atoms with Gasteiger partial charge in [-0.05, 0) is 36.1 Å². The predicted molar refractivity (Wildman–Crippen MR) is 72.4 cm³/mol. The van der Waals surface area contributed by atoms with Crippen LogP contribution in [0, 0.1) is 5.41 Å². The van der Waals surface area contributed by atoms with E-state index in [4.69, 9.17) is 27.8 Å². The van der Waals surface area contributed by atoms with E-state index in [0.717, 1.165) is 12.0 Å². The first-order valence-electron chi connectivity index (χ1n) is 5.71. The average molecular weight is 257 g/mol. The molecule has 1 aromatic rings. The number of methoxy groups -OCH3 is 1. The summed E-state index contributed by atoms with van der Waals surface area (Å²) in [5, 5.41) is 0.587. The Labute approximate surface area is 108 Å². The molecule has 96 valence electrons. The Hall–Kier alpha value is -0.770. The maximum atomic E-state index is 6.26. The maximum Gasteiger partial charge on any atom is 0.137 e. The summed E-state index contributed by atoms with van der Waals surface area (Å²) in [7, 11) is 1.60. The number of nitrogens with two attached hydrogens (primary N) is 2. The van der Waals surface area contributed by atoms with E-state index in [-0.39, 0.29) is 11.5 Å². The van der Waals surface area contributed by atoms with Crippen molar-refractivity contribution in [2.24, 2.45) is 16.9 Å². The fourth-order valence-corrected chi connectivity index (χ4v) is 2.12. The molecule has 0 aliphatic carbocycles. The standard InChI is InChI=1S/C13H21ClN2O/c1-13(2,6-7-15)12(16)9-4-5-11(17-3)10(14)8-9/h4-5,8,12H,6-7,15-16H2,1-3H3. The number of hydrogen-bond acceptors (Lipinski definition) is 3. The molecule has 0 saturated heterocycles. The van der Waals surface area contributed by atoms with Crippen LogP contribution in [-0.4, -0.2) is 13.7 Å². The lowest BCUT2D eigenvalue weighted by molar-refractivity contribution is 0.271. The smallest absolute Gasteiger partial charge is 0.137 e. The van der Waals surface area contributed by atoms with Crippen LogP contribution < -0.4 is 16.2 Å². The van der Waals surface area contributed by atoms with Gasteiger partial charge in [-0.2, -0.15) is 0 Å². The summed E-state index contributed by atoms with van der Waals surface area (Å²) in [4.78, 5) is 0. The highest BCUT2D eigenvalue weighted by molar-refractivity contribution is 6.32. The maximum absolute atomic E-state index is 6.26. The van der Waals surface area contributed by atoms with Crippen LogP contribution in [0.5, 0.6) is 5.75 Å². The summed E-state index contributed by atoms with van der Waals surface area (Å²) in [6.45, 7) is 4.86. The summed E-state index contributed by atoms with van der Waals surface area (Å²) >= 11 is 6.10. The van der Waals surface area contributed by atoms with Gasteiger partial charge in [-0.1, -0.05) is 31.5 Å². The molecule has 0 heterocycles. The molecule has 0 aliphatic heterocycles. The highest BCUT2D eigenvalue weighted by atomic mass is 35.5. The minimum atomic E-state index is -0.0885. The van der Waals surface area contributed by atoms with E-state index >= 15 is 0 Å². The molecule has 4 N–H and O–H groups in total. The van der Waals surface area contributed by atoms with E-state index in [9.17, 15) is 0 Å². The van der Waals surface area contributed by atoms with E-state index < -0.39 is 0 Å². The molecule has 0 bridgehead atoms. The summed E-state index contributed by atoms with van der Waals surface area (Å²) in [6, 6.07) is 5.57. The highest BCUT2D eigenvalue weighted by Gasteiger charge is 2.27. The van der Waals surface area contributed by atoms with Crippen molar-refractivity contribution in [2.75, 3.05) is 13.7 Å². The van der Waals surface area contributed by atoms with E-state index in [1.54, 1.807) is 7.11 Å². The van der Waals surface area contributed by atoms with Gasteiger partial charge in [0.2, 0.25) is 0 Å². The summed E-state index contributed by atoms with van der Waals surface area (Å²) in [6.07, 6.45) is 0.873. The zero-order valence-corrected chi connectivity index (χ0v) is 11.4. The molecule has 1 atom stereocenters. The Kier molecular flexibility index (Phi) is 4.80. The second-order valence-corrected chi connectivity index (χ2v) is 5.31. The van der Waals surface area contributed by atoms with Crippen LogP contribution in [0.2, 0.25) is 5.02 Å². The van der Waals surface area contributed by atoms with E-state index in [0.29, 0.717) is 17.3 Å². The summed E-state index contributed by atoms with van der Waals surface area (Å²) in [5.41, 5.74) is 12.8. The Morgan fingerprint density at radius 1 is 1.41 bits per heavy atom. The normalized spacial score (nSPS) is 13.5. The van der Waals surface area contributed by atoms with Crippen molar-refractivity contribution in [3.8, 4) is 5.75 Å². The van der Waals surface area contributed by atoms with Crippen LogP contribution in [0.3, 0.4) is 0 Å². The highest BCUT2D eigenvalue weighted by Crippen LogP contribution is 2.36. The summed E-state index contributed by atoms with van der Waals surface area (Å²) in [5.74, 6) is 0.666. The zero-order chi connectivity index (χ0) is 13.1. The molecule has 0 aromatic heterocycles. The van der Waals surface area contributed by atoms with Crippen molar-refractivity contribution in [1.82, 2.24) is 0 Å². The third kappa shape index (κ3) is 3.35. The Morgan fingerprint density at radius 3 is 2.53 bits per heavy atom. The molecule has 17 heavy (non-hydrogen) atoms. The number of rotatable bonds is 5. The van der Waals surface area contributed by atoms with Crippen molar-refractivity contribution in [3.63, 3.8) is 0 Å². The molecule has 1 unspecified atom stereocenters. The minimum Gasteiger partial charge on any atom is -0.495 e. The van der Waals surface area contributed by atoms with Crippen molar-refractivity contribution >= 4 is 11.6 Å². The van der Waals surface area contributed by atoms with Gasteiger partial charge < -0.3 is 16.2 Å². The lowest BCUT2D eigenvalue weighted by Gasteiger charge is -2.31. The fraction of sp³-hybridized carbons (Fsp3) is 0.538. The molecule has 1 rings (SSSR count).